The van der Waals surface area contributed by atoms with Gasteiger partial charge in [0.05, 0.1) is 11.2 Å². The number of amides is 1. The van der Waals surface area contributed by atoms with E-state index in [0.29, 0.717) is 5.69 Å². The number of benzene rings is 2. The molecule has 1 aliphatic rings. The van der Waals surface area contributed by atoms with Crippen LogP contribution in [0.15, 0.2) is 64.2 Å². The summed E-state index contributed by atoms with van der Waals surface area (Å²) >= 11 is 3.35. The van der Waals surface area contributed by atoms with E-state index < -0.39 is 11.4 Å². The largest absolute Gasteiger partial charge is 0.320 e. The maximum atomic E-state index is 12.5. The summed E-state index contributed by atoms with van der Waals surface area (Å²) in [7, 11) is 0. The lowest BCUT2D eigenvalue weighted by Crippen LogP contribution is -2.50. The number of hydrogen-bond donors (Lipinski definition) is 1. The third-order valence-corrected chi connectivity index (χ3v) is 4.48. The molecule has 0 saturated carbocycles. The second-order valence-electron chi connectivity index (χ2n) is 6.47. The number of ketones is 1. The van der Waals surface area contributed by atoms with Crippen LogP contribution in [0.4, 0.5) is 11.4 Å². The molecule has 2 aromatic rings. The van der Waals surface area contributed by atoms with Gasteiger partial charge in [-0.15, -0.1) is 0 Å². The van der Waals surface area contributed by atoms with Gasteiger partial charge in [0, 0.05) is 16.6 Å². The second kappa shape index (κ2) is 6.80. The molecule has 0 unspecified atom stereocenters. The monoisotopic (exact) mass is 399 g/mol. The van der Waals surface area contributed by atoms with Crippen molar-refractivity contribution in [3.63, 3.8) is 0 Å². The van der Waals surface area contributed by atoms with Crippen LogP contribution >= 0.6 is 15.9 Å². The van der Waals surface area contributed by atoms with E-state index in [9.17, 15) is 9.59 Å². The molecule has 0 atom stereocenters. The minimum absolute atomic E-state index is 0.0777. The SMILES string of the molecule is CC1(C)CC(=O)C(C(=O)Nc2ccc(Br)cc2)=NN1c1ccccc1. The van der Waals surface area contributed by atoms with Crippen molar-refractivity contribution < 1.29 is 9.59 Å². The number of hydrogen-bond acceptors (Lipinski definition) is 4. The van der Waals surface area contributed by atoms with Gasteiger partial charge in [0.25, 0.3) is 5.91 Å². The highest BCUT2D eigenvalue weighted by atomic mass is 79.9. The molecule has 3 rings (SSSR count). The lowest BCUT2D eigenvalue weighted by molar-refractivity contribution is -0.116. The maximum absolute atomic E-state index is 12.5. The Bertz CT molecular complexity index is 830. The zero-order valence-electron chi connectivity index (χ0n) is 14.0. The highest BCUT2D eigenvalue weighted by Gasteiger charge is 2.38. The summed E-state index contributed by atoms with van der Waals surface area (Å²) in [6, 6.07) is 16.7. The number of nitrogens with one attached hydrogen (secondary N) is 1. The summed E-state index contributed by atoms with van der Waals surface area (Å²) in [5.41, 5.74) is 0.875. The van der Waals surface area contributed by atoms with Crippen molar-refractivity contribution in [2.45, 2.75) is 25.8 Å². The topological polar surface area (TPSA) is 61.8 Å². The molecule has 1 N–H and O–H groups in total. The first-order valence-corrected chi connectivity index (χ1v) is 8.70. The third kappa shape index (κ3) is 3.79. The predicted molar refractivity (Wildman–Crippen MR) is 103 cm³/mol. The third-order valence-electron chi connectivity index (χ3n) is 3.95. The fourth-order valence-corrected chi connectivity index (χ4v) is 2.98. The zero-order valence-corrected chi connectivity index (χ0v) is 15.6. The van der Waals surface area contributed by atoms with Gasteiger partial charge >= 0.3 is 0 Å². The Hall–Kier alpha value is -2.47. The minimum atomic E-state index is -0.500. The van der Waals surface area contributed by atoms with Crippen LogP contribution in [0.5, 0.6) is 0 Å². The quantitative estimate of drug-likeness (QED) is 0.847. The standard InChI is InChI=1S/C19H18BrN3O2/c1-19(2)12-16(24)17(22-23(19)15-6-4-3-5-7-15)18(25)21-14-10-8-13(20)9-11-14/h3-11H,12H2,1-2H3,(H,21,25). The minimum Gasteiger partial charge on any atom is -0.320 e. The summed E-state index contributed by atoms with van der Waals surface area (Å²) in [5, 5.41) is 8.85. The van der Waals surface area contributed by atoms with Crippen LogP contribution < -0.4 is 10.3 Å². The van der Waals surface area contributed by atoms with Crippen LogP contribution in [-0.2, 0) is 9.59 Å². The van der Waals surface area contributed by atoms with Crippen LogP contribution in [-0.4, -0.2) is 22.9 Å². The van der Waals surface area contributed by atoms with Crippen LogP contribution in [0, 0.1) is 0 Å². The molecule has 128 valence electrons. The van der Waals surface area contributed by atoms with E-state index in [1.54, 1.807) is 17.1 Å². The number of nitrogens with zero attached hydrogens (tertiary/aromatic N) is 2. The number of para-hydroxylation sites is 1. The molecule has 1 heterocycles. The first-order chi connectivity index (χ1) is 11.9. The molecule has 2 aromatic carbocycles. The Balaban J connectivity index is 1.90. The van der Waals surface area contributed by atoms with Gasteiger partial charge in [-0.2, -0.15) is 5.10 Å². The molecule has 0 radical (unpaired) electrons. The van der Waals surface area contributed by atoms with Crippen LogP contribution in [0.25, 0.3) is 0 Å². The Morgan fingerprint density at radius 2 is 1.76 bits per heavy atom. The van der Waals surface area contributed by atoms with Gasteiger partial charge in [0.15, 0.2) is 11.5 Å². The summed E-state index contributed by atoms with van der Waals surface area (Å²) in [5.74, 6) is -0.754. The molecule has 0 saturated heterocycles. The van der Waals surface area contributed by atoms with Crippen LogP contribution in [0.3, 0.4) is 0 Å². The Morgan fingerprint density at radius 3 is 2.40 bits per heavy atom. The molecule has 5 nitrogen and oxygen atoms in total. The van der Waals surface area contributed by atoms with Crippen molar-refractivity contribution in [3.05, 3.63) is 59.1 Å². The number of hydrazone groups is 1. The molecular weight excluding hydrogens is 382 g/mol. The molecule has 0 spiro atoms. The Labute approximate surface area is 154 Å². The molecule has 0 fully saturated rings. The normalized spacial score (nSPS) is 16.4. The van der Waals surface area contributed by atoms with Gasteiger partial charge in [-0.05, 0) is 50.2 Å². The van der Waals surface area contributed by atoms with Gasteiger partial charge in [-0.1, -0.05) is 34.1 Å². The van der Waals surface area contributed by atoms with Gasteiger partial charge in [-0.3, -0.25) is 14.6 Å². The average Bonchev–Trinajstić information content (AvgIpc) is 2.57. The van der Waals surface area contributed by atoms with E-state index in [4.69, 9.17) is 0 Å². The number of rotatable bonds is 3. The summed E-state index contributed by atoms with van der Waals surface area (Å²) in [4.78, 5) is 25.0. The van der Waals surface area contributed by atoms with E-state index in [-0.39, 0.29) is 17.9 Å². The Kier molecular flexibility index (Phi) is 4.72. The van der Waals surface area contributed by atoms with E-state index in [1.165, 1.54) is 0 Å². The molecule has 6 heteroatoms. The first kappa shape index (κ1) is 17.4. The van der Waals surface area contributed by atoms with E-state index in [1.807, 2.05) is 56.3 Å². The van der Waals surface area contributed by atoms with Crippen molar-refractivity contribution in [2.24, 2.45) is 5.10 Å². The zero-order chi connectivity index (χ0) is 18.0. The van der Waals surface area contributed by atoms with Crippen LogP contribution in [0.2, 0.25) is 0 Å². The van der Waals surface area contributed by atoms with Crippen molar-refractivity contribution >= 4 is 44.7 Å². The van der Waals surface area contributed by atoms with Crippen molar-refractivity contribution in [3.8, 4) is 0 Å². The highest BCUT2D eigenvalue weighted by molar-refractivity contribution is 9.10. The van der Waals surface area contributed by atoms with Gasteiger partial charge in [-0.25, -0.2) is 0 Å². The summed E-state index contributed by atoms with van der Waals surface area (Å²) in [6.45, 7) is 3.87. The average molecular weight is 400 g/mol. The molecule has 0 aliphatic carbocycles. The molecule has 1 amide bonds. The lowest BCUT2D eigenvalue weighted by atomic mass is 9.92. The van der Waals surface area contributed by atoms with Gasteiger partial charge < -0.3 is 5.32 Å². The number of halogens is 1. The lowest BCUT2D eigenvalue weighted by Gasteiger charge is -2.39. The number of anilines is 2. The fraction of sp³-hybridized carbons (Fsp3) is 0.211. The van der Waals surface area contributed by atoms with Gasteiger partial charge in [0.2, 0.25) is 0 Å². The molecule has 0 aromatic heterocycles. The van der Waals surface area contributed by atoms with E-state index in [2.05, 4.69) is 26.3 Å². The number of Topliss-reactive ketones (excluding diaryl/α,β-unsaturated/α-hetero) is 1. The van der Waals surface area contributed by atoms with Gasteiger partial charge in [0.1, 0.15) is 0 Å². The highest BCUT2D eigenvalue weighted by Crippen LogP contribution is 2.30. The predicted octanol–water partition coefficient (Wildman–Crippen LogP) is 4.00. The van der Waals surface area contributed by atoms with Crippen molar-refractivity contribution in [1.29, 1.82) is 0 Å². The maximum Gasteiger partial charge on any atom is 0.279 e. The van der Waals surface area contributed by atoms with E-state index in [0.717, 1.165) is 10.2 Å². The van der Waals surface area contributed by atoms with Crippen molar-refractivity contribution in [1.82, 2.24) is 0 Å². The smallest absolute Gasteiger partial charge is 0.279 e. The molecule has 0 bridgehead atoms. The first-order valence-electron chi connectivity index (χ1n) is 7.91. The van der Waals surface area contributed by atoms with E-state index >= 15 is 0 Å². The second-order valence-corrected chi connectivity index (χ2v) is 7.39. The fourth-order valence-electron chi connectivity index (χ4n) is 2.71. The summed E-state index contributed by atoms with van der Waals surface area (Å²) in [6.07, 6.45) is 0.217. The Morgan fingerprint density at radius 1 is 1.12 bits per heavy atom. The van der Waals surface area contributed by atoms with Crippen LogP contribution in [0.1, 0.15) is 20.3 Å². The number of carbonyl (C=O) groups excluding carboxylic acids is 2. The molecular formula is C19H18BrN3O2. The number of carbonyl (C=O) groups is 2. The molecule has 25 heavy (non-hydrogen) atoms. The summed E-state index contributed by atoms with van der Waals surface area (Å²) < 4.78 is 0.911. The molecule has 1 aliphatic heterocycles. The van der Waals surface area contributed by atoms with Crippen molar-refractivity contribution in [2.75, 3.05) is 10.3 Å².